The van der Waals surface area contributed by atoms with Gasteiger partial charge in [-0.3, -0.25) is 14.4 Å². The SMILES string of the molecule is CCC(=O)NCCNC(=O)c1ccc(NC(=O)c2cc(OC)cc(OC)c2)cc1. The quantitative estimate of drug-likeness (QED) is 0.561. The lowest BCUT2D eigenvalue weighted by Gasteiger charge is -2.10. The molecule has 0 spiro atoms. The summed E-state index contributed by atoms with van der Waals surface area (Å²) in [5, 5.41) is 8.17. The Balaban J connectivity index is 1.94. The summed E-state index contributed by atoms with van der Waals surface area (Å²) in [6.45, 7) is 2.47. The van der Waals surface area contributed by atoms with E-state index in [1.54, 1.807) is 49.4 Å². The molecule has 0 radical (unpaired) electrons. The Morgan fingerprint density at radius 3 is 1.93 bits per heavy atom. The van der Waals surface area contributed by atoms with Crippen LogP contribution in [-0.2, 0) is 4.79 Å². The zero-order valence-corrected chi connectivity index (χ0v) is 16.7. The standard InChI is InChI=1S/C21H25N3O5/c1-4-19(25)22-9-10-23-20(26)14-5-7-16(8-6-14)24-21(27)15-11-17(28-2)13-18(12-15)29-3/h5-8,11-13H,4,9-10H2,1-3H3,(H,22,25)(H,23,26)(H,24,27). The molecule has 8 heteroatoms. The van der Waals surface area contributed by atoms with Crippen molar-refractivity contribution in [3.63, 3.8) is 0 Å². The number of amides is 3. The Kier molecular flexibility index (Phi) is 8.02. The van der Waals surface area contributed by atoms with E-state index in [2.05, 4.69) is 16.0 Å². The van der Waals surface area contributed by atoms with Gasteiger partial charge in [-0.15, -0.1) is 0 Å². The van der Waals surface area contributed by atoms with Crippen LogP contribution in [0.15, 0.2) is 42.5 Å². The molecule has 2 rings (SSSR count). The largest absolute Gasteiger partial charge is 0.497 e. The fraction of sp³-hybridized carbons (Fsp3) is 0.286. The zero-order chi connectivity index (χ0) is 21.2. The van der Waals surface area contributed by atoms with Crippen LogP contribution in [0.1, 0.15) is 34.1 Å². The smallest absolute Gasteiger partial charge is 0.255 e. The third kappa shape index (κ3) is 6.53. The van der Waals surface area contributed by atoms with Crippen molar-refractivity contribution in [1.82, 2.24) is 10.6 Å². The van der Waals surface area contributed by atoms with Crippen molar-refractivity contribution in [2.75, 3.05) is 32.6 Å². The van der Waals surface area contributed by atoms with Crippen molar-refractivity contribution in [3.05, 3.63) is 53.6 Å². The molecule has 0 atom stereocenters. The molecule has 0 unspecified atom stereocenters. The van der Waals surface area contributed by atoms with Gasteiger partial charge in [-0.05, 0) is 36.4 Å². The Hall–Kier alpha value is -3.55. The van der Waals surface area contributed by atoms with Crippen LogP contribution in [0.25, 0.3) is 0 Å². The lowest BCUT2D eigenvalue weighted by atomic mass is 10.1. The summed E-state index contributed by atoms with van der Waals surface area (Å²) in [6.07, 6.45) is 0.406. The lowest BCUT2D eigenvalue weighted by Crippen LogP contribution is -2.34. The molecule has 29 heavy (non-hydrogen) atoms. The highest BCUT2D eigenvalue weighted by atomic mass is 16.5. The van der Waals surface area contributed by atoms with E-state index < -0.39 is 0 Å². The van der Waals surface area contributed by atoms with Crippen LogP contribution in [0.2, 0.25) is 0 Å². The molecule has 0 saturated heterocycles. The van der Waals surface area contributed by atoms with E-state index in [0.29, 0.717) is 47.8 Å². The molecule has 0 heterocycles. The van der Waals surface area contributed by atoms with E-state index in [1.165, 1.54) is 14.2 Å². The van der Waals surface area contributed by atoms with Gasteiger partial charge >= 0.3 is 0 Å². The number of benzene rings is 2. The maximum absolute atomic E-state index is 12.5. The molecule has 3 N–H and O–H groups in total. The second-order valence-electron chi connectivity index (χ2n) is 6.09. The van der Waals surface area contributed by atoms with Crippen LogP contribution in [0.4, 0.5) is 5.69 Å². The maximum atomic E-state index is 12.5. The minimum atomic E-state index is -0.328. The molecule has 0 bridgehead atoms. The van der Waals surface area contributed by atoms with Crippen LogP contribution in [0.3, 0.4) is 0 Å². The zero-order valence-electron chi connectivity index (χ0n) is 16.7. The average molecular weight is 399 g/mol. The van der Waals surface area contributed by atoms with Crippen LogP contribution in [0.5, 0.6) is 11.5 Å². The number of hydrogen-bond donors (Lipinski definition) is 3. The van der Waals surface area contributed by atoms with Crippen molar-refractivity contribution in [2.24, 2.45) is 0 Å². The molecule has 8 nitrogen and oxygen atoms in total. The second kappa shape index (κ2) is 10.7. The fourth-order valence-corrected chi connectivity index (χ4v) is 2.45. The van der Waals surface area contributed by atoms with Crippen LogP contribution in [0, 0.1) is 0 Å². The van der Waals surface area contributed by atoms with Gasteiger partial charge in [0.05, 0.1) is 14.2 Å². The second-order valence-corrected chi connectivity index (χ2v) is 6.09. The predicted molar refractivity (Wildman–Crippen MR) is 110 cm³/mol. The van der Waals surface area contributed by atoms with E-state index in [9.17, 15) is 14.4 Å². The van der Waals surface area contributed by atoms with Crippen molar-refractivity contribution in [3.8, 4) is 11.5 Å². The summed E-state index contributed by atoms with van der Waals surface area (Å²) >= 11 is 0. The predicted octanol–water partition coefficient (Wildman–Crippen LogP) is 2.21. The molecular weight excluding hydrogens is 374 g/mol. The molecule has 0 aliphatic carbocycles. The van der Waals surface area contributed by atoms with E-state index in [1.807, 2.05) is 0 Å². The topological polar surface area (TPSA) is 106 Å². The van der Waals surface area contributed by atoms with Gasteiger partial charge in [0, 0.05) is 42.4 Å². The Morgan fingerprint density at radius 2 is 1.38 bits per heavy atom. The first-order valence-electron chi connectivity index (χ1n) is 9.16. The summed E-state index contributed by atoms with van der Waals surface area (Å²) in [7, 11) is 3.02. The molecule has 0 saturated carbocycles. The molecule has 3 amide bonds. The Labute approximate surface area is 169 Å². The normalized spacial score (nSPS) is 10.0. The van der Waals surface area contributed by atoms with Gasteiger partial charge in [0.25, 0.3) is 11.8 Å². The highest BCUT2D eigenvalue weighted by molar-refractivity contribution is 6.05. The summed E-state index contributed by atoms with van der Waals surface area (Å²) in [4.78, 5) is 35.8. The first-order chi connectivity index (χ1) is 14.0. The van der Waals surface area contributed by atoms with Crippen LogP contribution in [-0.4, -0.2) is 45.0 Å². The number of carbonyl (C=O) groups excluding carboxylic acids is 3. The molecule has 0 fully saturated rings. The van der Waals surface area contributed by atoms with Gasteiger partial charge in [-0.2, -0.15) is 0 Å². The van der Waals surface area contributed by atoms with Crippen LogP contribution < -0.4 is 25.4 Å². The van der Waals surface area contributed by atoms with Gasteiger partial charge in [0.1, 0.15) is 11.5 Å². The van der Waals surface area contributed by atoms with Crippen molar-refractivity contribution in [1.29, 1.82) is 0 Å². The van der Waals surface area contributed by atoms with Crippen molar-refractivity contribution < 1.29 is 23.9 Å². The highest BCUT2D eigenvalue weighted by Crippen LogP contribution is 2.23. The molecule has 2 aromatic carbocycles. The monoisotopic (exact) mass is 399 g/mol. The van der Waals surface area contributed by atoms with Gasteiger partial charge in [0.2, 0.25) is 5.91 Å². The lowest BCUT2D eigenvalue weighted by molar-refractivity contribution is -0.120. The number of rotatable bonds is 9. The summed E-state index contributed by atoms with van der Waals surface area (Å²) < 4.78 is 10.3. The minimum absolute atomic E-state index is 0.0620. The van der Waals surface area contributed by atoms with E-state index in [-0.39, 0.29) is 17.7 Å². The van der Waals surface area contributed by atoms with Gasteiger partial charge < -0.3 is 25.4 Å². The van der Waals surface area contributed by atoms with Gasteiger partial charge in [-0.25, -0.2) is 0 Å². The number of methoxy groups -OCH3 is 2. The summed E-state index contributed by atoms with van der Waals surface area (Å²) in [5.41, 5.74) is 1.38. The number of carbonyl (C=O) groups is 3. The molecule has 2 aromatic rings. The molecular formula is C21H25N3O5. The number of ether oxygens (including phenoxy) is 2. The number of anilines is 1. The van der Waals surface area contributed by atoms with Gasteiger partial charge in [-0.1, -0.05) is 6.92 Å². The first kappa shape index (κ1) is 21.7. The highest BCUT2D eigenvalue weighted by Gasteiger charge is 2.11. The number of hydrogen-bond acceptors (Lipinski definition) is 5. The molecule has 0 aliphatic heterocycles. The van der Waals surface area contributed by atoms with E-state index in [4.69, 9.17) is 9.47 Å². The Bertz CT molecular complexity index is 843. The van der Waals surface area contributed by atoms with E-state index >= 15 is 0 Å². The first-order valence-corrected chi connectivity index (χ1v) is 9.16. The summed E-state index contributed by atoms with van der Waals surface area (Å²) in [6, 6.07) is 11.4. The molecule has 0 aliphatic rings. The van der Waals surface area contributed by atoms with Crippen molar-refractivity contribution >= 4 is 23.4 Å². The maximum Gasteiger partial charge on any atom is 0.255 e. The van der Waals surface area contributed by atoms with Crippen molar-refractivity contribution in [2.45, 2.75) is 13.3 Å². The fourth-order valence-electron chi connectivity index (χ4n) is 2.45. The Morgan fingerprint density at radius 1 is 0.793 bits per heavy atom. The number of nitrogens with one attached hydrogen (secondary N) is 3. The average Bonchev–Trinajstić information content (AvgIpc) is 2.76. The van der Waals surface area contributed by atoms with Gasteiger partial charge in [0.15, 0.2) is 0 Å². The third-order valence-corrected chi connectivity index (χ3v) is 4.07. The minimum Gasteiger partial charge on any atom is -0.497 e. The summed E-state index contributed by atoms with van der Waals surface area (Å²) in [5.74, 6) is 0.374. The molecule has 0 aromatic heterocycles. The third-order valence-electron chi connectivity index (χ3n) is 4.07. The van der Waals surface area contributed by atoms with E-state index in [0.717, 1.165) is 0 Å². The molecule has 154 valence electrons. The van der Waals surface area contributed by atoms with Crippen LogP contribution >= 0.6 is 0 Å².